The molecule has 5 heteroatoms. The Balaban J connectivity index is 2.12. The molecule has 0 aliphatic heterocycles. The number of aromatic nitrogens is 1. The SMILES string of the molecule is CCC(N)Cc1ccc(Sc2nc(C)c(C)o2)cc1Br. The molecular formula is C15H19BrN2OS. The highest BCUT2D eigenvalue weighted by Gasteiger charge is 2.10. The van der Waals surface area contributed by atoms with E-state index in [1.807, 2.05) is 13.8 Å². The molecule has 2 rings (SSSR count). The zero-order valence-corrected chi connectivity index (χ0v) is 14.3. The maximum absolute atomic E-state index is 6.00. The molecule has 2 N–H and O–H groups in total. The highest BCUT2D eigenvalue weighted by atomic mass is 79.9. The topological polar surface area (TPSA) is 52.0 Å². The van der Waals surface area contributed by atoms with Gasteiger partial charge in [0.25, 0.3) is 5.22 Å². The number of nitrogens with zero attached hydrogens (tertiary/aromatic N) is 1. The molecule has 0 saturated heterocycles. The Hall–Kier alpha value is -0.780. The molecule has 108 valence electrons. The van der Waals surface area contributed by atoms with E-state index in [9.17, 15) is 0 Å². The number of rotatable bonds is 5. The van der Waals surface area contributed by atoms with E-state index >= 15 is 0 Å². The minimum atomic E-state index is 0.210. The summed E-state index contributed by atoms with van der Waals surface area (Å²) in [5.41, 5.74) is 8.18. The molecule has 0 saturated carbocycles. The summed E-state index contributed by atoms with van der Waals surface area (Å²) in [5, 5.41) is 0.685. The van der Waals surface area contributed by atoms with Crippen LogP contribution < -0.4 is 5.73 Å². The van der Waals surface area contributed by atoms with Gasteiger partial charge in [0, 0.05) is 15.4 Å². The van der Waals surface area contributed by atoms with Crippen molar-refractivity contribution in [2.24, 2.45) is 5.73 Å². The lowest BCUT2D eigenvalue weighted by atomic mass is 10.1. The van der Waals surface area contributed by atoms with E-state index in [1.54, 1.807) is 0 Å². The van der Waals surface area contributed by atoms with Gasteiger partial charge in [-0.2, -0.15) is 0 Å². The zero-order valence-electron chi connectivity index (χ0n) is 11.9. The van der Waals surface area contributed by atoms with Crippen LogP contribution in [0.5, 0.6) is 0 Å². The van der Waals surface area contributed by atoms with Gasteiger partial charge in [-0.05, 0) is 56.1 Å². The summed E-state index contributed by atoms with van der Waals surface area (Å²) in [6, 6.07) is 6.51. The smallest absolute Gasteiger partial charge is 0.260 e. The van der Waals surface area contributed by atoms with E-state index in [-0.39, 0.29) is 6.04 Å². The molecule has 0 amide bonds. The van der Waals surface area contributed by atoms with Gasteiger partial charge in [0.15, 0.2) is 0 Å². The van der Waals surface area contributed by atoms with Crippen molar-refractivity contribution in [3.63, 3.8) is 0 Å². The molecule has 0 radical (unpaired) electrons. The third-order valence-electron chi connectivity index (χ3n) is 3.25. The first kappa shape index (κ1) is 15.6. The van der Waals surface area contributed by atoms with Crippen molar-refractivity contribution in [3.05, 3.63) is 39.7 Å². The first-order chi connectivity index (χ1) is 9.49. The molecule has 1 unspecified atom stereocenters. The van der Waals surface area contributed by atoms with Crippen LogP contribution in [0.4, 0.5) is 0 Å². The largest absolute Gasteiger partial charge is 0.436 e. The molecule has 0 spiro atoms. The normalized spacial score (nSPS) is 12.7. The van der Waals surface area contributed by atoms with Gasteiger partial charge >= 0.3 is 0 Å². The Morgan fingerprint density at radius 3 is 2.70 bits per heavy atom. The first-order valence-corrected chi connectivity index (χ1v) is 8.26. The van der Waals surface area contributed by atoms with Crippen molar-refractivity contribution in [3.8, 4) is 0 Å². The fourth-order valence-corrected chi connectivity index (χ4v) is 3.33. The predicted molar refractivity (Wildman–Crippen MR) is 86.2 cm³/mol. The van der Waals surface area contributed by atoms with Crippen molar-refractivity contribution >= 4 is 27.7 Å². The predicted octanol–water partition coefficient (Wildman–Crippen LogP) is 4.48. The summed E-state index contributed by atoms with van der Waals surface area (Å²) in [7, 11) is 0. The lowest BCUT2D eigenvalue weighted by Gasteiger charge is -2.11. The van der Waals surface area contributed by atoms with Crippen LogP contribution in [0.15, 0.2) is 37.2 Å². The first-order valence-electron chi connectivity index (χ1n) is 6.65. The lowest BCUT2D eigenvalue weighted by Crippen LogP contribution is -2.21. The number of hydrogen-bond donors (Lipinski definition) is 1. The molecule has 0 fully saturated rings. The van der Waals surface area contributed by atoms with Crippen molar-refractivity contribution in [1.29, 1.82) is 0 Å². The zero-order chi connectivity index (χ0) is 14.7. The molecule has 2 aromatic rings. The molecule has 0 bridgehead atoms. The van der Waals surface area contributed by atoms with Crippen LogP contribution in [-0.2, 0) is 6.42 Å². The van der Waals surface area contributed by atoms with Gasteiger partial charge in [0.05, 0.1) is 5.69 Å². The van der Waals surface area contributed by atoms with E-state index in [4.69, 9.17) is 10.2 Å². The number of benzene rings is 1. The molecular weight excluding hydrogens is 336 g/mol. The Morgan fingerprint density at radius 2 is 2.15 bits per heavy atom. The average Bonchev–Trinajstić information content (AvgIpc) is 2.71. The van der Waals surface area contributed by atoms with Gasteiger partial charge in [-0.1, -0.05) is 28.9 Å². The number of aryl methyl sites for hydroxylation is 2. The van der Waals surface area contributed by atoms with Crippen molar-refractivity contribution in [2.75, 3.05) is 0 Å². The van der Waals surface area contributed by atoms with Crippen LogP contribution in [-0.4, -0.2) is 11.0 Å². The minimum absolute atomic E-state index is 0.210. The van der Waals surface area contributed by atoms with E-state index in [1.165, 1.54) is 17.3 Å². The van der Waals surface area contributed by atoms with Gasteiger partial charge in [0.2, 0.25) is 0 Å². The molecule has 1 heterocycles. The third-order valence-corrected chi connectivity index (χ3v) is 4.82. The summed E-state index contributed by atoms with van der Waals surface area (Å²) < 4.78 is 6.68. The van der Waals surface area contributed by atoms with E-state index in [0.29, 0.717) is 5.22 Å². The molecule has 0 aliphatic carbocycles. The Morgan fingerprint density at radius 1 is 1.40 bits per heavy atom. The summed E-state index contributed by atoms with van der Waals surface area (Å²) in [6.45, 7) is 5.99. The summed E-state index contributed by atoms with van der Waals surface area (Å²) in [5.74, 6) is 0.872. The quantitative estimate of drug-likeness (QED) is 0.859. The van der Waals surface area contributed by atoms with Crippen LogP contribution in [0.2, 0.25) is 0 Å². The van der Waals surface area contributed by atoms with Crippen molar-refractivity contribution in [2.45, 2.75) is 49.8 Å². The Labute approximate surface area is 132 Å². The Bertz CT molecular complexity index is 578. The lowest BCUT2D eigenvalue weighted by molar-refractivity contribution is 0.431. The molecule has 0 aliphatic rings. The van der Waals surface area contributed by atoms with Crippen molar-refractivity contribution < 1.29 is 4.42 Å². The fourth-order valence-electron chi connectivity index (χ4n) is 1.77. The maximum Gasteiger partial charge on any atom is 0.260 e. The summed E-state index contributed by atoms with van der Waals surface area (Å²) in [4.78, 5) is 5.48. The molecule has 1 aromatic heterocycles. The van der Waals surface area contributed by atoms with Gasteiger partial charge in [-0.25, -0.2) is 4.98 Å². The highest BCUT2D eigenvalue weighted by Crippen LogP contribution is 2.31. The highest BCUT2D eigenvalue weighted by molar-refractivity contribution is 9.10. The standard InChI is InChI=1S/C15H19BrN2OS/c1-4-12(17)7-11-5-6-13(8-14(11)16)20-15-18-9(2)10(3)19-15/h5-6,8,12H,4,7,17H2,1-3H3. The number of oxazole rings is 1. The monoisotopic (exact) mass is 354 g/mol. The van der Waals surface area contributed by atoms with Crippen LogP contribution >= 0.6 is 27.7 Å². The number of nitrogens with two attached hydrogens (primary N) is 1. The van der Waals surface area contributed by atoms with E-state index in [0.717, 1.165) is 33.7 Å². The van der Waals surface area contributed by atoms with Gasteiger partial charge < -0.3 is 10.2 Å². The molecule has 20 heavy (non-hydrogen) atoms. The van der Waals surface area contributed by atoms with Crippen LogP contribution in [0.25, 0.3) is 0 Å². The summed E-state index contributed by atoms with van der Waals surface area (Å²) >= 11 is 5.15. The summed E-state index contributed by atoms with van der Waals surface area (Å²) in [6.07, 6.45) is 1.87. The second-order valence-corrected chi connectivity index (χ2v) is 6.73. The van der Waals surface area contributed by atoms with Gasteiger partial charge in [0.1, 0.15) is 5.76 Å². The van der Waals surface area contributed by atoms with E-state index < -0.39 is 0 Å². The minimum Gasteiger partial charge on any atom is -0.436 e. The second-order valence-electron chi connectivity index (χ2n) is 4.85. The van der Waals surface area contributed by atoms with Crippen LogP contribution in [0, 0.1) is 13.8 Å². The van der Waals surface area contributed by atoms with Gasteiger partial charge in [-0.15, -0.1) is 0 Å². The fraction of sp³-hybridized carbons (Fsp3) is 0.400. The van der Waals surface area contributed by atoms with Crippen LogP contribution in [0.3, 0.4) is 0 Å². The second kappa shape index (κ2) is 6.78. The average molecular weight is 355 g/mol. The third kappa shape index (κ3) is 3.87. The number of hydrogen-bond acceptors (Lipinski definition) is 4. The number of halogens is 1. The maximum atomic E-state index is 6.00. The Kier molecular flexibility index (Phi) is 5.29. The molecule has 3 nitrogen and oxygen atoms in total. The van der Waals surface area contributed by atoms with Crippen molar-refractivity contribution in [1.82, 2.24) is 4.98 Å². The molecule has 1 atom stereocenters. The molecule has 1 aromatic carbocycles. The van der Waals surface area contributed by atoms with Crippen LogP contribution in [0.1, 0.15) is 30.4 Å². The van der Waals surface area contributed by atoms with Gasteiger partial charge in [-0.3, -0.25) is 0 Å². The van der Waals surface area contributed by atoms with E-state index in [2.05, 4.69) is 46.0 Å².